The molecule has 0 unspecified atom stereocenters. The van der Waals surface area contributed by atoms with Crippen LogP contribution in [-0.2, 0) is 4.74 Å². The lowest BCUT2D eigenvalue weighted by atomic mass is 9.61. The minimum absolute atomic E-state index is 0.0799. The first-order valence-corrected chi connectivity index (χ1v) is 6.23. The highest BCUT2D eigenvalue weighted by molar-refractivity contribution is 4.95. The van der Waals surface area contributed by atoms with E-state index in [0.29, 0.717) is 11.8 Å². The van der Waals surface area contributed by atoms with Gasteiger partial charge in [0, 0.05) is 5.41 Å². The summed E-state index contributed by atoms with van der Waals surface area (Å²) in [4.78, 5) is 0. The molecule has 0 aliphatic heterocycles. The fourth-order valence-corrected chi connectivity index (χ4v) is 2.77. The Bertz CT molecular complexity index is 182. The van der Waals surface area contributed by atoms with Crippen LogP contribution in [0.25, 0.3) is 0 Å². The quantitative estimate of drug-likeness (QED) is 0.654. The van der Waals surface area contributed by atoms with E-state index >= 15 is 0 Å². The summed E-state index contributed by atoms with van der Waals surface area (Å²) in [5.74, 6) is 1.23. The topological polar surface area (TPSA) is 9.23 Å². The van der Waals surface area contributed by atoms with E-state index in [1.807, 2.05) is 0 Å². The highest BCUT2D eigenvalue weighted by Gasteiger charge is 2.46. The molecular weight excluding hydrogens is 184 g/mol. The average Bonchev–Trinajstić information content (AvgIpc) is 1.98. The molecule has 0 amide bonds. The van der Waals surface area contributed by atoms with Crippen LogP contribution in [0, 0.1) is 17.3 Å². The van der Waals surface area contributed by atoms with Crippen LogP contribution < -0.4 is 0 Å². The van der Waals surface area contributed by atoms with Crippen LogP contribution in [0.2, 0.25) is 0 Å². The van der Waals surface area contributed by atoms with E-state index in [9.17, 15) is 0 Å². The maximum Gasteiger partial charge on any atom is 0.0688 e. The number of hydrogen-bond acceptors (Lipinski definition) is 1. The van der Waals surface area contributed by atoms with E-state index in [0.717, 1.165) is 0 Å². The van der Waals surface area contributed by atoms with Crippen LogP contribution in [0.4, 0.5) is 0 Å². The summed E-state index contributed by atoms with van der Waals surface area (Å²) in [6, 6.07) is 0. The van der Waals surface area contributed by atoms with Crippen molar-refractivity contribution in [3.05, 3.63) is 0 Å². The Morgan fingerprint density at radius 3 is 1.27 bits per heavy atom. The highest BCUT2D eigenvalue weighted by Crippen LogP contribution is 2.47. The lowest BCUT2D eigenvalue weighted by Crippen LogP contribution is -2.51. The largest absolute Gasteiger partial charge is 0.372 e. The molecule has 1 heteroatoms. The molecular formula is C14H30O. The molecule has 0 spiro atoms. The molecule has 92 valence electrons. The van der Waals surface area contributed by atoms with Gasteiger partial charge in [0.1, 0.15) is 0 Å². The molecule has 0 aliphatic rings. The van der Waals surface area contributed by atoms with Gasteiger partial charge >= 0.3 is 0 Å². The molecule has 0 N–H and O–H groups in total. The molecule has 0 aliphatic carbocycles. The van der Waals surface area contributed by atoms with Crippen molar-refractivity contribution in [2.24, 2.45) is 17.3 Å². The van der Waals surface area contributed by atoms with E-state index in [1.54, 1.807) is 0 Å². The molecule has 0 saturated heterocycles. The Hall–Kier alpha value is -0.0400. The Balaban J connectivity index is 5.07. The van der Waals surface area contributed by atoms with E-state index in [2.05, 4.69) is 62.3 Å². The van der Waals surface area contributed by atoms with Crippen LogP contribution in [0.3, 0.4) is 0 Å². The van der Waals surface area contributed by atoms with Crippen molar-refractivity contribution in [2.45, 2.75) is 74.0 Å². The van der Waals surface area contributed by atoms with Crippen molar-refractivity contribution in [3.8, 4) is 0 Å². The molecule has 0 radical (unpaired) electrons. The second-order valence-corrected chi connectivity index (χ2v) is 6.27. The lowest BCUT2D eigenvalue weighted by molar-refractivity contribution is -0.165. The SMILES string of the molecule is CC(C)OC(C)(C)C(C)(C(C)C)C(C)C. The minimum Gasteiger partial charge on any atom is -0.372 e. The van der Waals surface area contributed by atoms with Gasteiger partial charge in [-0.3, -0.25) is 0 Å². The summed E-state index contributed by atoms with van der Waals surface area (Å²) in [6.07, 6.45) is 0.289. The number of ether oxygens (including phenoxy) is 1. The fraction of sp³-hybridized carbons (Fsp3) is 1.00. The smallest absolute Gasteiger partial charge is 0.0688 e. The van der Waals surface area contributed by atoms with Crippen molar-refractivity contribution in [2.75, 3.05) is 0 Å². The van der Waals surface area contributed by atoms with Gasteiger partial charge in [-0.15, -0.1) is 0 Å². The van der Waals surface area contributed by atoms with Crippen LogP contribution in [0.15, 0.2) is 0 Å². The second kappa shape index (κ2) is 4.86. The van der Waals surface area contributed by atoms with Crippen LogP contribution in [-0.4, -0.2) is 11.7 Å². The monoisotopic (exact) mass is 214 g/mol. The molecule has 0 rings (SSSR count). The molecule has 15 heavy (non-hydrogen) atoms. The van der Waals surface area contributed by atoms with Gasteiger partial charge in [-0.05, 0) is 39.5 Å². The molecule has 0 fully saturated rings. The molecule has 0 atom stereocenters. The molecule has 0 heterocycles. The van der Waals surface area contributed by atoms with E-state index in [-0.39, 0.29) is 17.1 Å². The Kier molecular flexibility index (Phi) is 4.85. The third-order valence-electron chi connectivity index (χ3n) is 4.23. The third kappa shape index (κ3) is 2.96. The van der Waals surface area contributed by atoms with Gasteiger partial charge in [-0.1, -0.05) is 34.6 Å². The van der Waals surface area contributed by atoms with Gasteiger partial charge in [0.15, 0.2) is 0 Å². The van der Waals surface area contributed by atoms with Crippen LogP contribution in [0.1, 0.15) is 62.3 Å². The zero-order valence-electron chi connectivity index (χ0n) is 12.1. The predicted octanol–water partition coefficient (Wildman–Crippen LogP) is 4.51. The summed E-state index contributed by atoms with van der Waals surface area (Å²) in [6.45, 7) is 20.2. The van der Waals surface area contributed by atoms with Crippen LogP contribution in [0.5, 0.6) is 0 Å². The van der Waals surface area contributed by atoms with Gasteiger partial charge in [0.2, 0.25) is 0 Å². The fourth-order valence-electron chi connectivity index (χ4n) is 2.77. The Morgan fingerprint density at radius 2 is 1.07 bits per heavy atom. The number of rotatable bonds is 5. The second-order valence-electron chi connectivity index (χ2n) is 6.27. The lowest BCUT2D eigenvalue weighted by Gasteiger charge is -2.51. The summed E-state index contributed by atoms with van der Waals surface area (Å²) in [7, 11) is 0. The third-order valence-corrected chi connectivity index (χ3v) is 4.23. The Morgan fingerprint density at radius 1 is 0.733 bits per heavy atom. The molecule has 0 aromatic carbocycles. The van der Waals surface area contributed by atoms with Gasteiger partial charge in [-0.2, -0.15) is 0 Å². The standard InChI is InChI=1S/C14H30O/c1-10(2)14(9,11(3)4)13(7,8)15-12(5)6/h10-12H,1-9H3. The molecule has 0 saturated carbocycles. The molecule has 0 aromatic heterocycles. The van der Waals surface area contributed by atoms with Crippen molar-refractivity contribution >= 4 is 0 Å². The highest BCUT2D eigenvalue weighted by atomic mass is 16.5. The van der Waals surface area contributed by atoms with Gasteiger partial charge in [0.25, 0.3) is 0 Å². The average molecular weight is 214 g/mol. The summed E-state index contributed by atoms with van der Waals surface area (Å²) >= 11 is 0. The van der Waals surface area contributed by atoms with Crippen molar-refractivity contribution in [3.63, 3.8) is 0 Å². The van der Waals surface area contributed by atoms with Gasteiger partial charge in [0.05, 0.1) is 11.7 Å². The van der Waals surface area contributed by atoms with Gasteiger partial charge in [-0.25, -0.2) is 0 Å². The normalized spacial score (nSPS) is 14.4. The maximum absolute atomic E-state index is 6.13. The Labute approximate surface area is 96.6 Å². The van der Waals surface area contributed by atoms with E-state index < -0.39 is 0 Å². The van der Waals surface area contributed by atoms with Gasteiger partial charge < -0.3 is 4.74 Å². The van der Waals surface area contributed by atoms with Crippen molar-refractivity contribution in [1.82, 2.24) is 0 Å². The molecule has 1 nitrogen and oxygen atoms in total. The first-order chi connectivity index (χ1) is 6.55. The zero-order chi connectivity index (χ0) is 12.4. The van der Waals surface area contributed by atoms with E-state index in [4.69, 9.17) is 4.74 Å². The molecule has 0 aromatic rings. The maximum atomic E-state index is 6.13. The number of hydrogen-bond donors (Lipinski definition) is 0. The summed E-state index contributed by atoms with van der Waals surface area (Å²) in [5.41, 5.74) is 0.126. The summed E-state index contributed by atoms with van der Waals surface area (Å²) < 4.78 is 6.13. The van der Waals surface area contributed by atoms with Crippen molar-refractivity contribution < 1.29 is 4.74 Å². The summed E-state index contributed by atoms with van der Waals surface area (Å²) in [5, 5.41) is 0. The van der Waals surface area contributed by atoms with Crippen LogP contribution >= 0.6 is 0 Å². The zero-order valence-corrected chi connectivity index (χ0v) is 12.1. The first-order valence-electron chi connectivity index (χ1n) is 6.23. The minimum atomic E-state index is -0.0799. The van der Waals surface area contributed by atoms with E-state index in [1.165, 1.54) is 0 Å². The molecule has 0 bridgehead atoms. The first kappa shape index (κ1) is 15.0. The van der Waals surface area contributed by atoms with Crippen molar-refractivity contribution in [1.29, 1.82) is 0 Å². The predicted molar refractivity (Wildman–Crippen MR) is 68.1 cm³/mol.